The van der Waals surface area contributed by atoms with E-state index in [1.807, 2.05) is 24.3 Å². The van der Waals surface area contributed by atoms with Crippen LogP contribution in [0.3, 0.4) is 0 Å². The van der Waals surface area contributed by atoms with E-state index in [-0.39, 0.29) is 11.5 Å². The highest BCUT2D eigenvalue weighted by molar-refractivity contribution is 7.80. The molecule has 3 rings (SSSR count). The minimum Gasteiger partial charge on any atom is -0.548 e. The monoisotopic (exact) mass is 371 g/mol. The Bertz CT molecular complexity index is 936. The van der Waals surface area contributed by atoms with E-state index in [1.165, 1.54) is 7.05 Å². The molecule has 1 fully saturated rings. The summed E-state index contributed by atoms with van der Waals surface area (Å²) in [6, 6.07) is 6.23. The number of carbonyl (C=O) groups is 3. The first kappa shape index (κ1) is 17.7. The van der Waals surface area contributed by atoms with Crippen molar-refractivity contribution in [3.63, 3.8) is 0 Å². The predicted molar refractivity (Wildman–Crippen MR) is 96.3 cm³/mol. The van der Waals surface area contributed by atoms with Crippen LogP contribution in [0.2, 0.25) is 0 Å². The van der Waals surface area contributed by atoms with Crippen molar-refractivity contribution >= 4 is 52.2 Å². The molecule has 9 heteroatoms. The first-order valence-electron chi connectivity index (χ1n) is 7.80. The van der Waals surface area contributed by atoms with Crippen LogP contribution >= 0.6 is 12.2 Å². The maximum absolute atomic E-state index is 12.1. The second-order valence-corrected chi connectivity index (χ2v) is 6.25. The summed E-state index contributed by atoms with van der Waals surface area (Å²) in [5.74, 6) is -3.81. The molecule has 0 saturated carbocycles. The largest absolute Gasteiger partial charge is 0.548 e. The summed E-state index contributed by atoms with van der Waals surface area (Å²) < 4.78 is 0. The zero-order valence-electron chi connectivity index (χ0n) is 13.8. The van der Waals surface area contributed by atoms with Crippen LogP contribution in [-0.2, 0) is 20.8 Å². The van der Waals surface area contributed by atoms with Crippen LogP contribution < -0.4 is 10.4 Å². The average Bonchev–Trinajstić information content (AvgIpc) is 3.01. The van der Waals surface area contributed by atoms with E-state index in [2.05, 4.69) is 15.3 Å². The van der Waals surface area contributed by atoms with Gasteiger partial charge in [-0.25, -0.2) is 0 Å². The number of hydrogen-bond donors (Lipinski definition) is 2. The quantitative estimate of drug-likeness (QED) is 0.413. The van der Waals surface area contributed by atoms with Gasteiger partial charge >= 0.3 is 0 Å². The molecular weight excluding hydrogens is 356 g/mol. The number of carboxylic acid groups (broad SMARTS) is 1. The van der Waals surface area contributed by atoms with Gasteiger partial charge in [-0.1, -0.05) is 18.2 Å². The van der Waals surface area contributed by atoms with Gasteiger partial charge in [0.1, 0.15) is 0 Å². The lowest BCUT2D eigenvalue weighted by Crippen LogP contribution is -2.56. The van der Waals surface area contributed by atoms with Gasteiger partial charge in [0, 0.05) is 36.8 Å². The summed E-state index contributed by atoms with van der Waals surface area (Å²) in [5.41, 5.74) is 1.63. The highest BCUT2D eigenvalue weighted by Gasteiger charge is 2.35. The molecule has 8 nitrogen and oxygen atoms in total. The van der Waals surface area contributed by atoms with Crippen LogP contribution in [0, 0.1) is 5.92 Å². The molecule has 2 amide bonds. The topological polar surface area (TPSA) is 118 Å². The summed E-state index contributed by atoms with van der Waals surface area (Å²) in [6.45, 7) is 0. The number of aromatic nitrogens is 1. The molecule has 0 spiro atoms. The number of para-hydroxylation sites is 1. The Balaban J connectivity index is 1.81. The predicted octanol–water partition coefficient (Wildman–Crippen LogP) is -0.611. The van der Waals surface area contributed by atoms with Crippen LogP contribution in [0.4, 0.5) is 0 Å². The molecule has 0 bridgehead atoms. The maximum atomic E-state index is 12.1. The lowest BCUT2D eigenvalue weighted by atomic mass is 10.0. The van der Waals surface area contributed by atoms with Gasteiger partial charge < -0.3 is 20.2 Å². The van der Waals surface area contributed by atoms with Gasteiger partial charge in [0.05, 0.1) is 12.0 Å². The molecule has 1 aliphatic rings. The third-order valence-electron chi connectivity index (χ3n) is 4.19. The van der Waals surface area contributed by atoms with Crippen molar-refractivity contribution in [2.45, 2.75) is 12.5 Å². The number of carboxylic acids is 1. The molecular formula is C17H15N4O4S-. The molecule has 1 saturated heterocycles. The first-order valence-corrected chi connectivity index (χ1v) is 8.21. The maximum Gasteiger partial charge on any atom is 0.246 e. The second kappa shape index (κ2) is 7.04. The van der Waals surface area contributed by atoms with E-state index in [1.54, 1.807) is 6.20 Å². The molecule has 26 heavy (non-hydrogen) atoms. The zero-order chi connectivity index (χ0) is 18.8. The van der Waals surface area contributed by atoms with Crippen molar-refractivity contribution in [1.29, 1.82) is 0 Å². The van der Waals surface area contributed by atoms with Crippen molar-refractivity contribution < 1.29 is 19.5 Å². The fourth-order valence-electron chi connectivity index (χ4n) is 2.71. The number of carbonyl (C=O) groups excluding carboxylic acids is 3. The average molecular weight is 371 g/mol. The van der Waals surface area contributed by atoms with Gasteiger partial charge in [0.15, 0.2) is 11.0 Å². The number of aliphatic carboxylic acids is 1. The smallest absolute Gasteiger partial charge is 0.246 e. The Hall–Kier alpha value is -3.07. The minimum atomic E-state index is -1.39. The summed E-state index contributed by atoms with van der Waals surface area (Å²) in [4.78, 5) is 43.6. The number of fused-ring (bicyclic) bond motifs is 1. The normalized spacial score (nSPS) is 19.2. The van der Waals surface area contributed by atoms with Gasteiger partial charge in [-0.2, -0.15) is 0 Å². The lowest BCUT2D eigenvalue weighted by molar-refractivity contribution is -0.307. The van der Waals surface area contributed by atoms with Gasteiger partial charge in [0.25, 0.3) is 0 Å². The Morgan fingerprint density at radius 1 is 1.42 bits per heavy atom. The lowest BCUT2D eigenvalue weighted by Gasteiger charge is -2.27. The number of nitrogens with one attached hydrogen (secondary N) is 2. The molecule has 1 aliphatic heterocycles. The molecule has 0 aliphatic carbocycles. The van der Waals surface area contributed by atoms with Crippen molar-refractivity contribution in [3.05, 3.63) is 36.0 Å². The molecule has 134 valence electrons. The Labute approximate surface area is 153 Å². The number of rotatable bonds is 5. The van der Waals surface area contributed by atoms with Gasteiger partial charge in [-0.05, 0) is 23.8 Å². The summed E-state index contributed by atoms with van der Waals surface area (Å²) in [6.07, 6.45) is 2.83. The first-order chi connectivity index (χ1) is 12.4. The summed E-state index contributed by atoms with van der Waals surface area (Å²) >= 11 is 4.86. The van der Waals surface area contributed by atoms with Crippen LogP contribution in [0.5, 0.6) is 0 Å². The minimum absolute atomic E-state index is 0.0000983. The van der Waals surface area contributed by atoms with Crippen LogP contribution in [0.25, 0.3) is 10.9 Å². The fraction of sp³-hybridized carbons (Fsp3) is 0.235. The highest BCUT2D eigenvalue weighted by atomic mass is 32.1. The number of benzene rings is 1. The Morgan fingerprint density at radius 2 is 2.15 bits per heavy atom. The third kappa shape index (κ3) is 3.33. The molecule has 2 heterocycles. The van der Waals surface area contributed by atoms with Gasteiger partial charge in [-0.15, -0.1) is 0 Å². The molecule has 0 unspecified atom stereocenters. The van der Waals surface area contributed by atoms with Crippen molar-refractivity contribution in [2.75, 3.05) is 7.05 Å². The molecule has 1 aromatic carbocycles. The van der Waals surface area contributed by atoms with Crippen molar-refractivity contribution in [1.82, 2.24) is 15.2 Å². The fourth-order valence-corrected chi connectivity index (χ4v) is 2.91. The SMILES string of the molecule is CN1C(=O)[C@@H](C=N[C@H](Cc2c[nH]c3ccccc23)C(=O)[O-])C(=O)NC1=S. The summed E-state index contributed by atoms with van der Waals surface area (Å²) in [7, 11) is 1.42. The third-order valence-corrected chi connectivity index (χ3v) is 4.57. The van der Waals surface area contributed by atoms with E-state index >= 15 is 0 Å². The molecule has 1 aromatic heterocycles. The zero-order valence-corrected chi connectivity index (χ0v) is 14.6. The molecule has 2 aromatic rings. The Kier molecular flexibility index (Phi) is 4.81. The summed E-state index contributed by atoms with van der Waals surface area (Å²) in [5, 5.41) is 14.7. The van der Waals surface area contributed by atoms with Gasteiger partial charge in [0.2, 0.25) is 11.8 Å². The molecule has 2 atom stereocenters. The van der Waals surface area contributed by atoms with Crippen LogP contribution in [0.1, 0.15) is 5.56 Å². The van der Waals surface area contributed by atoms with Crippen molar-refractivity contribution in [3.8, 4) is 0 Å². The highest BCUT2D eigenvalue weighted by Crippen LogP contribution is 2.20. The van der Waals surface area contributed by atoms with Crippen LogP contribution in [0.15, 0.2) is 35.5 Å². The number of H-pyrrole nitrogens is 1. The van der Waals surface area contributed by atoms with Crippen LogP contribution in [-0.4, -0.2) is 52.1 Å². The van der Waals surface area contributed by atoms with Gasteiger partial charge in [-0.3, -0.25) is 19.5 Å². The standard InChI is InChI=1S/C17H16N4O4S/c1-21-15(23)11(14(22)20-17(21)26)8-19-13(16(24)25)6-9-7-18-12-5-3-2-4-10(9)12/h2-5,7-8,11,13,18H,6H2,1H3,(H,24,25)(H,20,22,26)/p-1/t11-,13+/m0/s1. The number of aromatic amines is 1. The second-order valence-electron chi connectivity index (χ2n) is 5.87. The number of aliphatic imine (C=N–C) groups is 1. The van der Waals surface area contributed by atoms with E-state index in [0.29, 0.717) is 0 Å². The molecule has 0 radical (unpaired) electrons. The van der Waals surface area contributed by atoms with E-state index in [9.17, 15) is 19.5 Å². The molecule has 2 N–H and O–H groups in total. The van der Waals surface area contributed by atoms with E-state index < -0.39 is 29.7 Å². The van der Waals surface area contributed by atoms with E-state index in [4.69, 9.17) is 12.2 Å². The van der Waals surface area contributed by atoms with Crippen molar-refractivity contribution in [2.24, 2.45) is 10.9 Å². The number of thiocarbonyl (C=S) groups is 1. The number of nitrogens with zero attached hydrogens (tertiary/aromatic N) is 2. The van der Waals surface area contributed by atoms with E-state index in [0.717, 1.165) is 27.6 Å². The number of hydrogen-bond acceptors (Lipinski definition) is 6. The number of amides is 2. The Morgan fingerprint density at radius 3 is 2.88 bits per heavy atom.